The molecule has 0 saturated heterocycles. The Labute approximate surface area is 611 Å². The maximum atomic E-state index is 13.3. The summed E-state index contributed by atoms with van der Waals surface area (Å²) >= 11 is 1.74. The Kier molecular flexibility index (Phi) is 23.5. The van der Waals surface area contributed by atoms with E-state index in [0.29, 0.717) is 11.3 Å². The molecule has 104 heavy (non-hydrogen) atoms. The van der Waals surface area contributed by atoms with E-state index >= 15 is 0 Å². The van der Waals surface area contributed by atoms with Crippen LogP contribution in [0.15, 0.2) is 365 Å². The smallest absolute Gasteiger partial charge is 0.135 e. The second-order valence-electron chi connectivity index (χ2n) is 25.3. The molecule has 1 aliphatic carbocycles. The summed E-state index contributed by atoms with van der Waals surface area (Å²) in [6.45, 7) is 4.62. The van der Waals surface area contributed by atoms with E-state index in [1.807, 2.05) is 140 Å². The number of nitrogens with zero attached hydrogens (tertiary/aromatic N) is 6. The van der Waals surface area contributed by atoms with Crippen molar-refractivity contribution in [1.82, 2.24) is 29.9 Å². The van der Waals surface area contributed by atoms with Gasteiger partial charge in [0, 0.05) is 85.8 Å². The van der Waals surface area contributed by atoms with E-state index in [2.05, 4.69) is 221 Å². The van der Waals surface area contributed by atoms with Crippen molar-refractivity contribution in [2.24, 2.45) is 0 Å². The van der Waals surface area contributed by atoms with Gasteiger partial charge in [-0.05, 0) is 125 Å². The van der Waals surface area contributed by atoms with Gasteiger partial charge in [0.2, 0.25) is 0 Å². The molecule has 0 bridgehead atoms. The molecule has 0 N–H and O–H groups in total. The van der Waals surface area contributed by atoms with Crippen LogP contribution in [-0.4, -0.2) is 29.9 Å². The van der Waals surface area contributed by atoms with Gasteiger partial charge >= 0.3 is 0 Å². The summed E-state index contributed by atoms with van der Waals surface area (Å²) in [6, 6.07) is 113. The van der Waals surface area contributed by atoms with Crippen molar-refractivity contribution in [1.29, 1.82) is 0 Å². The summed E-state index contributed by atoms with van der Waals surface area (Å²) in [6.07, 6.45) is 14.6. The Bertz CT molecular complexity index is 5470. The normalized spacial score (nSPS) is 11.4. The number of aromatic nitrogens is 6. The molecule has 0 radical (unpaired) electrons. The van der Waals surface area contributed by atoms with Crippen LogP contribution in [0, 0.1) is 11.6 Å². The molecule has 0 saturated carbocycles. The molecule has 6 heterocycles. The number of benzene rings is 11. The third-order valence-electron chi connectivity index (χ3n) is 18.4. The highest BCUT2D eigenvalue weighted by Crippen LogP contribution is 2.55. The highest BCUT2D eigenvalue weighted by Gasteiger charge is 2.42. The molecule has 0 spiro atoms. The van der Waals surface area contributed by atoms with Crippen LogP contribution in [0.3, 0.4) is 0 Å². The Morgan fingerprint density at radius 2 is 0.808 bits per heavy atom. The van der Waals surface area contributed by atoms with Crippen molar-refractivity contribution in [3.8, 4) is 78.0 Å². The first-order valence-corrected chi connectivity index (χ1v) is 36.3. The fraction of sp³-hybridized carbons (Fsp3) is 0.0947. The standard InChI is InChI=1S/C30H31N.2C15H11N.C13H9NS.C11H7F2N.C11H9N/c1-3-5-18-30(19-6-4-2)27-14-10-9-13-25(27)26-16-15-23(21-28(26)30)29-24-12-8-7-11-22(24)17-20-31-29;1-2-7-13(8-3-1)15-14-9-5-4-6-12(14)10-11-16-15;1-2-6-12(7-3-1)15-11-10-13-8-4-5-9-14(13)16-15;1-2-6-10(7-3-1)13-14-11-8-4-5-9-12(11)15-13;12-8-4-5-9(10(13)7-8)11-3-1-2-6-14-11;1-2-6-10(7-3-1)11-8-4-5-9-12-11/h7-17,20-21H,3-6,18-19H2,1-2H3;2*1-11H;1-9H;1-7H;1-9H. The van der Waals surface area contributed by atoms with Gasteiger partial charge in [-0.25, -0.2) is 18.7 Å². The van der Waals surface area contributed by atoms with E-state index in [9.17, 15) is 8.78 Å². The van der Waals surface area contributed by atoms with E-state index in [-0.39, 0.29) is 5.41 Å². The summed E-state index contributed by atoms with van der Waals surface area (Å²) in [5.74, 6) is -1.18. The summed E-state index contributed by atoms with van der Waals surface area (Å²) in [5, 5.41) is 7.19. The first-order valence-electron chi connectivity index (χ1n) is 35.5. The Balaban J connectivity index is 0.000000115. The maximum absolute atomic E-state index is 13.3. The van der Waals surface area contributed by atoms with Crippen LogP contribution in [0.5, 0.6) is 0 Å². The van der Waals surface area contributed by atoms with Crippen LogP contribution in [0.4, 0.5) is 8.78 Å². The lowest BCUT2D eigenvalue weighted by atomic mass is 9.70. The monoisotopic (exact) mass is 1370 g/mol. The third kappa shape index (κ3) is 17.0. The van der Waals surface area contributed by atoms with Gasteiger partial charge in [-0.3, -0.25) is 19.9 Å². The van der Waals surface area contributed by atoms with E-state index in [1.54, 1.807) is 35.7 Å². The Morgan fingerprint density at radius 3 is 1.40 bits per heavy atom. The number of unbranched alkanes of at least 4 members (excludes halogenated alkanes) is 2. The number of para-hydroxylation sites is 2. The van der Waals surface area contributed by atoms with E-state index in [0.717, 1.165) is 56.0 Å². The SMILES string of the molecule is CCCCC1(CCCC)c2ccccc2-c2ccc(-c3nccc4ccccc34)cc21.Fc1ccc(-c2ccccn2)c(F)c1.c1ccc(-c2ccc3ccccc3n2)cc1.c1ccc(-c2ccccn2)cc1.c1ccc(-c2nc3ccccc3s2)cc1.c1ccc(-c2nccc3ccccc23)cc1. The predicted octanol–water partition coefficient (Wildman–Crippen LogP) is 26.1. The average Bonchev–Trinajstić information content (AvgIpc) is 1.56. The molecular formula is C95H78F2N6S. The first kappa shape index (κ1) is 70.1. The molecule has 0 unspecified atom stereocenters. The summed E-state index contributed by atoms with van der Waals surface area (Å²) in [4.78, 5) is 26.8. The summed E-state index contributed by atoms with van der Waals surface area (Å²) in [7, 11) is 0. The minimum absolute atomic E-state index is 0.124. The van der Waals surface area contributed by atoms with Gasteiger partial charge in [-0.1, -0.05) is 294 Å². The van der Waals surface area contributed by atoms with Crippen LogP contribution >= 0.6 is 11.3 Å². The second kappa shape index (κ2) is 34.9. The molecule has 9 heteroatoms. The molecular weight excluding hydrogens is 1300 g/mol. The van der Waals surface area contributed by atoms with Crippen molar-refractivity contribution in [2.45, 2.75) is 57.8 Å². The lowest BCUT2D eigenvalue weighted by Gasteiger charge is -2.33. The van der Waals surface area contributed by atoms with Crippen molar-refractivity contribution in [3.05, 3.63) is 387 Å². The predicted molar refractivity (Wildman–Crippen MR) is 431 cm³/mol. The van der Waals surface area contributed by atoms with Crippen LogP contribution in [0.2, 0.25) is 0 Å². The average molecular weight is 1370 g/mol. The van der Waals surface area contributed by atoms with Crippen LogP contribution in [0.25, 0.3) is 121 Å². The molecule has 1 aliphatic rings. The summed E-state index contributed by atoms with van der Waals surface area (Å²) in [5.41, 5.74) is 19.1. The van der Waals surface area contributed by atoms with Gasteiger partial charge in [0.25, 0.3) is 0 Å². The molecule has 11 aromatic carbocycles. The van der Waals surface area contributed by atoms with E-state index in [4.69, 9.17) is 4.98 Å². The van der Waals surface area contributed by atoms with E-state index < -0.39 is 11.6 Å². The number of hydrogen-bond donors (Lipinski definition) is 0. The Morgan fingerprint density at radius 1 is 0.317 bits per heavy atom. The molecule has 18 rings (SSSR count). The Hall–Kier alpha value is -12.3. The number of pyridine rings is 5. The van der Waals surface area contributed by atoms with Gasteiger partial charge < -0.3 is 0 Å². The molecule has 6 nitrogen and oxygen atoms in total. The number of hydrogen-bond acceptors (Lipinski definition) is 7. The van der Waals surface area contributed by atoms with Gasteiger partial charge in [0.15, 0.2) is 0 Å². The number of thiazole rings is 1. The number of fused-ring (bicyclic) bond motifs is 7. The zero-order valence-corrected chi connectivity index (χ0v) is 59.0. The van der Waals surface area contributed by atoms with E-state index in [1.165, 1.54) is 121 Å². The highest BCUT2D eigenvalue weighted by molar-refractivity contribution is 7.21. The third-order valence-corrected chi connectivity index (χ3v) is 19.5. The summed E-state index contributed by atoms with van der Waals surface area (Å²) < 4.78 is 27.1. The lowest BCUT2D eigenvalue weighted by Crippen LogP contribution is -2.25. The topological polar surface area (TPSA) is 77.3 Å². The molecule has 0 atom stereocenters. The molecule has 0 amide bonds. The second-order valence-corrected chi connectivity index (χ2v) is 26.3. The number of rotatable bonds is 12. The molecule has 6 aromatic heterocycles. The molecule has 508 valence electrons. The molecule has 0 fully saturated rings. The highest BCUT2D eigenvalue weighted by atomic mass is 32.1. The number of halogens is 2. The van der Waals surface area contributed by atoms with Crippen molar-refractivity contribution in [2.75, 3.05) is 0 Å². The molecule has 0 aliphatic heterocycles. The molecule has 17 aromatic rings. The van der Waals surface area contributed by atoms with Gasteiger partial charge in [-0.2, -0.15) is 0 Å². The lowest BCUT2D eigenvalue weighted by molar-refractivity contribution is 0.414. The van der Waals surface area contributed by atoms with Gasteiger partial charge in [0.1, 0.15) is 16.6 Å². The quantitative estimate of drug-likeness (QED) is 0.121. The zero-order valence-electron chi connectivity index (χ0n) is 58.2. The maximum Gasteiger partial charge on any atom is 0.135 e. The van der Waals surface area contributed by atoms with Crippen molar-refractivity contribution < 1.29 is 8.78 Å². The fourth-order valence-corrected chi connectivity index (χ4v) is 14.3. The van der Waals surface area contributed by atoms with Crippen molar-refractivity contribution >= 4 is 54.0 Å². The minimum atomic E-state index is -0.594. The largest absolute Gasteiger partial charge is 0.256 e. The van der Waals surface area contributed by atoms with Gasteiger partial charge in [-0.15, -0.1) is 11.3 Å². The van der Waals surface area contributed by atoms with Crippen LogP contribution in [0.1, 0.15) is 63.5 Å². The minimum Gasteiger partial charge on any atom is -0.256 e. The fourth-order valence-electron chi connectivity index (χ4n) is 13.3. The van der Waals surface area contributed by atoms with Crippen LogP contribution < -0.4 is 0 Å². The van der Waals surface area contributed by atoms with Crippen molar-refractivity contribution in [3.63, 3.8) is 0 Å². The van der Waals surface area contributed by atoms with Crippen LogP contribution in [-0.2, 0) is 5.41 Å². The first-order chi connectivity index (χ1) is 51.3. The van der Waals surface area contributed by atoms with Gasteiger partial charge in [0.05, 0.1) is 44.2 Å². The zero-order chi connectivity index (χ0) is 71.1.